The number of hydrogen-bond acceptors (Lipinski definition) is 1. The largest absolute Gasteiger partial charge is 0.310 e. The molecule has 2 fully saturated rings. The molecule has 0 amide bonds. The third kappa shape index (κ3) is 2.47. The van der Waals surface area contributed by atoms with Crippen molar-refractivity contribution in [3.63, 3.8) is 0 Å². The van der Waals surface area contributed by atoms with E-state index in [9.17, 15) is 0 Å². The first-order valence-corrected chi connectivity index (χ1v) is 7.36. The van der Waals surface area contributed by atoms with Gasteiger partial charge in [0.15, 0.2) is 0 Å². The first-order valence-electron chi connectivity index (χ1n) is 7.36. The van der Waals surface area contributed by atoms with Crippen molar-refractivity contribution in [2.24, 2.45) is 11.3 Å². The van der Waals surface area contributed by atoms with Crippen LogP contribution in [0.1, 0.15) is 51.5 Å². The van der Waals surface area contributed by atoms with Crippen molar-refractivity contribution in [3.8, 4) is 0 Å². The number of rotatable bonds is 3. The van der Waals surface area contributed by atoms with Crippen LogP contribution in [0.5, 0.6) is 0 Å². The van der Waals surface area contributed by atoms with E-state index in [2.05, 4.69) is 56.4 Å². The van der Waals surface area contributed by atoms with Gasteiger partial charge in [0.1, 0.15) is 0 Å². The molecule has 1 N–H and O–H groups in total. The molecule has 0 aliphatic heterocycles. The van der Waals surface area contributed by atoms with Crippen molar-refractivity contribution in [3.05, 3.63) is 35.9 Å². The molecule has 0 aromatic heterocycles. The molecule has 0 heterocycles. The van der Waals surface area contributed by atoms with E-state index in [1.807, 2.05) is 0 Å². The highest BCUT2D eigenvalue weighted by molar-refractivity contribution is 5.27. The summed E-state index contributed by atoms with van der Waals surface area (Å²) in [7, 11) is 0. The zero-order valence-corrected chi connectivity index (χ0v) is 11.8. The van der Waals surface area contributed by atoms with Crippen LogP contribution in [0, 0.1) is 11.3 Å². The van der Waals surface area contributed by atoms with Gasteiger partial charge in [-0.15, -0.1) is 0 Å². The molecule has 1 heteroatoms. The smallest absolute Gasteiger partial charge is 0.0145 e. The lowest BCUT2D eigenvalue weighted by Gasteiger charge is -2.18. The van der Waals surface area contributed by atoms with Crippen molar-refractivity contribution in [2.75, 3.05) is 0 Å². The molecule has 1 aromatic rings. The molecular formula is C17H25N. The van der Waals surface area contributed by atoms with Crippen LogP contribution in [0.3, 0.4) is 0 Å². The lowest BCUT2D eigenvalue weighted by Crippen LogP contribution is -2.34. The third-order valence-corrected chi connectivity index (χ3v) is 4.78. The van der Waals surface area contributed by atoms with Crippen molar-refractivity contribution < 1.29 is 0 Å². The van der Waals surface area contributed by atoms with E-state index in [0.29, 0.717) is 5.41 Å². The Hall–Kier alpha value is -0.820. The Morgan fingerprint density at radius 2 is 1.78 bits per heavy atom. The molecule has 0 spiro atoms. The van der Waals surface area contributed by atoms with Gasteiger partial charge in [0.05, 0.1) is 0 Å². The third-order valence-electron chi connectivity index (χ3n) is 4.78. The molecule has 2 aliphatic rings. The van der Waals surface area contributed by atoms with Gasteiger partial charge in [-0.2, -0.15) is 0 Å². The summed E-state index contributed by atoms with van der Waals surface area (Å²) in [5.41, 5.74) is 2.05. The first-order chi connectivity index (χ1) is 8.55. The quantitative estimate of drug-likeness (QED) is 0.847. The molecule has 98 valence electrons. The minimum Gasteiger partial charge on any atom is -0.310 e. The minimum absolute atomic E-state index is 0.536. The summed E-state index contributed by atoms with van der Waals surface area (Å²) in [5.74, 6) is 1.60. The summed E-state index contributed by atoms with van der Waals surface area (Å²) < 4.78 is 0. The second-order valence-corrected chi connectivity index (χ2v) is 7.18. The lowest BCUT2D eigenvalue weighted by molar-refractivity contribution is 0.361. The zero-order valence-electron chi connectivity index (χ0n) is 11.8. The van der Waals surface area contributed by atoms with Gasteiger partial charge >= 0.3 is 0 Å². The maximum Gasteiger partial charge on any atom is 0.0145 e. The molecule has 4 atom stereocenters. The summed E-state index contributed by atoms with van der Waals surface area (Å²) >= 11 is 0. The van der Waals surface area contributed by atoms with E-state index >= 15 is 0 Å². The zero-order chi connectivity index (χ0) is 12.8. The first kappa shape index (κ1) is 12.2. The molecule has 3 rings (SSSR count). The van der Waals surface area contributed by atoms with Gasteiger partial charge in [0, 0.05) is 18.0 Å². The van der Waals surface area contributed by atoms with Crippen LogP contribution in [0.4, 0.5) is 0 Å². The predicted molar refractivity (Wildman–Crippen MR) is 76.7 cm³/mol. The Morgan fingerprint density at radius 1 is 1.06 bits per heavy atom. The van der Waals surface area contributed by atoms with Gasteiger partial charge in [-0.05, 0) is 36.2 Å². The van der Waals surface area contributed by atoms with Crippen LogP contribution < -0.4 is 5.32 Å². The number of hydrogen-bond donors (Lipinski definition) is 1. The molecule has 4 unspecified atom stereocenters. The Morgan fingerprint density at radius 3 is 2.39 bits per heavy atom. The van der Waals surface area contributed by atoms with Gasteiger partial charge in [-0.25, -0.2) is 0 Å². The van der Waals surface area contributed by atoms with E-state index < -0.39 is 0 Å². The summed E-state index contributed by atoms with van der Waals surface area (Å²) in [6.45, 7) is 7.23. The lowest BCUT2D eigenvalue weighted by atomic mass is 9.91. The molecule has 2 saturated carbocycles. The van der Waals surface area contributed by atoms with Gasteiger partial charge in [0.2, 0.25) is 0 Å². The molecule has 18 heavy (non-hydrogen) atoms. The number of benzene rings is 1. The second-order valence-electron chi connectivity index (χ2n) is 7.18. The van der Waals surface area contributed by atoms with Crippen LogP contribution in [-0.2, 0) is 0 Å². The van der Waals surface area contributed by atoms with E-state index in [0.717, 1.165) is 23.9 Å². The summed E-state index contributed by atoms with van der Waals surface area (Å²) in [4.78, 5) is 0. The van der Waals surface area contributed by atoms with Crippen LogP contribution in [0.2, 0.25) is 0 Å². The predicted octanol–water partition coefficient (Wildman–Crippen LogP) is 3.96. The summed E-state index contributed by atoms with van der Waals surface area (Å²) in [6.07, 6.45) is 4.03. The van der Waals surface area contributed by atoms with E-state index in [-0.39, 0.29) is 0 Å². The topological polar surface area (TPSA) is 12.0 Å². The average Bonchev–Trinajstić information content (AvgIpc) is 3.02. The maximum atomic E-state index is 3.91. The maximum absolute atomic E-state index is 3.91. The highest BCUT2D eigenvalue weighted by atomic mass is 15.0. The fraction of sp³-hybridized carbons (Fsp3) is 0.647. The van der Waals surface area contributed by atoms with E-state index in [1.165, 1.54) is 24.8 Å². The average molecular weight is 243 g/mol. The fourth-order valence-electron chi connectivity index (χ4n) is 3.84. The molecule has 0 radical (unpaired) electrons. The summed E-state index contributed by atoms with van der Waals surface area (Å²) in [6, 6.07) is 12.4. The van der Waals surface area contributed by atoms with Crippen LogP contribution in [0.25, 0.3) is 0 Å². The van der Waals surface area contributed by atoms with Crippen LogP contribution in [-0.4, -0.2) is 12.1 Å². The van der Waals surface area contributed by atoms with Crippen molar-refractivity contribution >= 4 is 0 Å². The van der Waals surface area contributed by atoms with Crippen LogP contribution in [0.15, 0.2) is 30.3 Å². The standard InChI is InChI=1S/C17H25N/c1-12-10-17(2,3)11-16(12)18-15-9-14(15)13-7-5-4-6-8-13/h4-8,12,14-16,18H,9-11H2,1-3H3. The SMILES string of the molecule is CC1CC(C)(C)CC1NC1CC1c1ccccc1. The molecule has 0 bridgehead atoms. The van der Waals surface area contributed by atoms with E-state index in [4.69, 9.17) is 0 Å². The fourth-order valence-corrected chi connectivity index (χ4v) is 3.84. The highest BCUT2D eigenvalue weighted by Gasteiger charge is 2.43. The molecule has 0 saturated heterocycles. The van der Waals surface area contributed by atoms with Crippen molar-refractivity contribution in [1.82, 2.24) is 5.32 Å². The molecule has 1 aromatic carbocycles. The molecule has 1 nitrogen and oxygen atoms in total. The van der Waals surface area contributed by atoms with Gasteiger partial charge in [-0.3, -0.25) is 0 Å². The molecule has 2 aliphatic carbocycles. The number of nitrogens with one attached hydrogen (secondary N) is 1. The Balaban J connectivity index is 1.57. The Kier molecular flexibility index (Phi) is 2.97. The van der Waals surface area contributed by atoms with E-state index in [1.54, 1.807) is 0 Å². The Labute approximate surface area is 111 Å². The Bertz CT molecular complexity index is 409. The second kappa shape index (κ2) is 4.38. The normalized spacial score (nSPS) is 37.7. The van der Waals surface area contributed by atoms with Crippen molar-refractivity contribution in [1.29, 1.82) is 0 Å². The summed E-state index contributed by atoms with van der Waals surface area (Å²) in [5, 5.41) is 3.91. The van der Waals surface area contributed by atoms with Crippen LogP contribution >= 0.6 is 0 Å². The monoisotopic (exact) mass is 243 g/mol. The minimum atomic E-state index is 0.536. The van der Waals surface area contributed by atoms with Gasteiger partial charge in [0.25, 0.3) is 0 Å². The van der Waals surface area contributed by atoms with Gasteiger partial charge in [-0.1, -0.05) is 51.1 Å². The van der Waals surface area contributed by atoms with Crippen molar-refractivity contribution in [2.45, 2.75) is 58.0 Å². The molecular weight excluding hydrogens is 218 g/mol. The van der Waals surface area contributed by atoms with Gasteiger partial charge < -0.3 is 5.32 Å². The highest BCUT2D eigenvalue weighted by Crippen LogP contribution is 2.45.